The van der Waals surface area contributed by atoms with E-state index in [-0.39, 0.29) is 12.0 Å². The van der Waals surface area contributed by atoms with Gasteiger partial charge >= 0.3 is 0 Å². The van der Waals surface area contributed by atoms with Gasteiger partial charge in [0.1, 0.15) is 0 Å². The fourth-order valence-electron chi connectivity index (χ4n) is 2.55. The molecule has 0 spiro atoms. The molecule has 1 atom stereocenters. The fraction of sp³-hybridized carbons (Fsp3) is 0.533. The quantitative estimate of drug-likeness (QED) is 0.864. The van der Waals surface area contributed by atoms with Crippen LogP contribution in [0.25, 0.3) is 0 Å². The molecular formula is C15H22N2O2. The van der Waals surface area contributed by atoms with Crippen molar-refractivity contribution in [3.05, 3.63) is 35.4 Å². The molecule has 0 saturated carbocycles. The number of carbonyl (C=O) groups is 1. The van der Waals surface area contributed by atoms with E-state index in [0.29, 0.717) is 18.0 Å². The van der Waals surface area contributed by atoms with E-state index in [1.807, 2.05) is 36.1 Å². The summed E-state index contributed by atoms with van der Waals surface area (Å²) in [5.74, 6) is 0.399. The highest BCUT2D eigenvalue weighted by atomic mass is 16.3. The van der Waals surface area contributed by atoms with Gasteiger partial charge in [-0.05, 0) is 43.4 Å². The maximum Gasteiger partial charge on any atom is 0.253 e. The van der Waals surface area contributed by atoms with Crippen molar-refractivity contribution in [2.75, 3.05) is 13.1 Å². The number of likely N-dealkylation sites (tertiary alicyclic amines) is 1. The van der Waals surface area contributed by atoms with Crippen molar-refractivity contribution in [1.29, 1.82) is 0 Å². The molecule has 0 aliphatic carbocycles. The lowest BCUT2D eigenvalue weighted by Gasteiger charge is -2.33. The second-order valence-electron chi connectivity index (χ2n) is 5.27. The molecule has 1 aliphatic rings. The Bertz CT molecular complexity index is 420. The van der Waals surface area contributed by atoms with Crippen LogP contribution in [0.1, 0.15) is 35.7 Å². The first-order valence-corrected chi connectivity index (χ1v) is 6.88. The number of rotatable bonds is 3. The number of piperidine rings is 1. The topological polar surface area (TPSA) is 66.6 Å². The van der Waals surface area contributed by atoms with Gasteiger partial charge < -0.3 is 15.7 Å². The Morgan fingerprint density at radius 1 is 1.37 bits per heavy atom. The van der Waals surface area contributed by atoms with Crippen LogP contribution >= 0.6 is 0 Å². The van der Waals surface area contributed by atoms with E-state index in [9.17, 15) is 9.90 Å². The summed E-state index contributed by atoms with van der Waals surface area (Å²) < 4.78 is 0. The summed E-state index contributed by atoms with van der Waals surface area (Å²) in [4.78, 5) is 14.2. The first kappa shape index (κ1) is 14.0. The Morgan fingerprint density at radius 2 is 1.95 bits per heavy atom. The second kappa shape index (κ2) is 6.17. The van der Waals surface area contributed by atoms with Crippen molar-refractivity contribution in [2.24, 2.45) is 11.7 Å². The molecule has 0 aromatic heterocycles. The van der Waals surface area contributed by atoms with E-state index in [0.717, 1.165) is 31.5 Å². The molecule has 2 rings (SSSR count). The van der Waals surface area contributed by atoms with Crippen LogP contribution in [0.4, 0.5) is 0 Å². The Hall–Kier alpha value is -1.39. The van der Waals surface area contributed by atoms with Gasteiger partial charge in [-0.15, -0.1) is 0 Å². The Morgan fingerprint density at radius 3 is 2.42 bits per heavy atom. The zero-order chi connectivity index (χ0) is 13.8. The van der Waals surface area contributed by atoms with Gasteiger partial charge in [0.25, 0.3) is 5.91 Å². The molecular weight excluding hydrogens is 240 g/mol. The van der Waals surface area contributed by atoms with Crippen LogP contribution in [-0.2, 0) is 6.54 Å². The largest absolute Gasteiger partial charge is 0.393 e. The Kier molecular flexibility index (Phi) is 4.56. The number of hydrogen-bond acceptors (Lipinski definition) is 3. The van der Waals surface area contributed by atoms with Crippen molar-refractivity contribution in [1.82, 2.24) is 4.90 Å². The van der Waals surface area contributed by atoms with Crippen molar-refractivity contribution in [2.45, 2.75) is 32.4 Å². The number of amides is 1. The predicted octanol–water partition coefficient (Wildman–Crippen LogP) is 1.38. The zero-order valence-electron chi connectivity index (χ0n) is 11.4. The first-order valence-electron chi connectivity index (χ1n) is 6.88. The van der Waals surface area contributed by atoms with Crippen LogP contribution in [-0.4, -0.2) is 35.1 Å². The molecule has 4 heteroatoms. The monoisotopic (exact) mass is 262 g/mol. The highest BCUT2D eigenvalue weighted by Crippen LogP contribution is 2.21. The molecule has 1 amide bonds. The van der Waals surface area contributed by atoms with Crippen molar-refractivity contribution < 1.29 is 9.90 Å². The van der Waals surface area contributed by atoms with Crippen LogP contribution in [0.15, 0.2) is 24.3 Å². The molecule has 1 fully saturated rings. The third-order valence-corrected chi connectivity index (χ3v) is 3.95. The third-order valence-electron chi connectivity index (χ3n) is 3.95. The molecule has 0 bridgehead atoms. The normalized spacial score (nSPS) is 18.4. The number of carbonyl (C=O) groups excluding carboxylic acids is 1. The van der Waals surface area contributed by atoms with Crippen LogP contribution in [0.5, 0.6) is 0 Å². The molecule has 1 aromatic carbocycles. The molecule has 1 heterocycles. The molecule has 1 aliphatic heterocycles. The summed E-state index contributed by atoms with van der Waals surface area (Å²) >= 11 is 0. The number of hydrogen-bond donors (Lipinski definition) is 2. The van der Waals surface area contributed by atoms with Crippen molar-refractivity contribution >= 4 is 5.91 Å². The van der Waals surface area contributed by atoms with Crippen molar-refractivity contribution in [3.63, 3.8) is 0 Å². The summed E-state index contributed by atoms with van der Waals surface area (Å²) in [5.41, 5.74) is 7.29. The van der Waals surface area contributed by atoms with Crippen LogP contribution < -0.4 is 5.73 Å². The lowest BCUT2D eigenvalue weighted by Crippen LogP contribution is -2.40. The Balaban J connectivity index is 1.97. The standard InChI is InChI=1S/C15H22N2O2/c1-11(18)13-6-8-17(9-7-13)15(19)14-4-2-12(10-16)3-5-14/h2-5,11,13,18H,6-10,16H2,1H3/t11-/m0/s1. The number of aliphatic hydroxyl groups is 1. The van der Waals surface area contributed by atoms with Crippen LogP contribution in [0.3, 0.4) is 0 Å². The molecule has 104 valence electrons. The van der Waals surface area contributed by atoms with Gasteiger partial charge in [0.15, 0.2) is 0 Å². The second-order valence-corrected chi connectivity index (χ2v) is 5.27. The molecule has 1 aromatic rings. The minimum atomic E-state index is -0.277. The summed E-state index contributed by atoms with van der Waals surface area (Å²) in [5, 5.41) is 9.56. The van der Waals surface area contributed by atoms with E-state index in [2.05, 4.69) is 0 Å². The predicted molar refractivity (Wildman–Crippen MR) is 74.6 cm³/mol. The molecule has 0 radical (unpaired) electrons. The SMILES string of the molecule is C[C@H](O)C1CCN(C(=O)c2ccc(CN)cc2)CC1. The summed E-state index contributed by atoms with van der Waals surface area (Å²) in [6.45, 7) is 3.78. The average molecular weight is 262 g/mol. The smallest absolute Gasteiger partial charge is 0.253 e. The van der Waals surface area contributed by atoms with Gasteiger partial charge in [0.05, 0.1) is 6.10 Å². The third kappa shape index (κ3) is 3.33. The molecule has 0 unspecified atom stereocenters. The number of nitrogens with zero attached hydrogens (tertiary/aromatic N) is 1. The van der Waals surface area contributed by atoms with Gasteiger partial charge in [0, 0.05) is 25.2 Å². The number of aliphatic hydroxyl groups excluding tert-OH is 1. The van der Waals surface area contributed by atoms with Gasteiger partial charge in [0.2, 0.25) is 0 Å². The lowest BCUT2D eigenvalue weighted by atomic mass is 9.92. The maximum absolute atomic E-state index is 12.3. The van der Waals surface area contributed by atoms with E-state index in [1.54, 1.807) is 0 Å². The lowest BCUT2D eigenvalue weighted by molar-refractivity contribution is 0.0521. The highest BCUT2D eigenvalue weighted by molar-refractivity contribution is 5.94. The summed E-state index contributed by atoms with van der Waals surface area (Å²) in [6.07, 6.45) is 1.48. The summed E-state index contributed by atoms with van der Waals surface area (Å²) in [6, 6.07) is 7.47. The molecule has 19 heavy (non-hydrogen) atoms. The van der Waals surface area contributed by atoms with E-state index in [1.165, 1.54) is 0 Å². The fourth-order valence-corrected chi connectivity index (χ4v) is 2.55. The van der Waals surface area contributed by atoms with Gasteiger partial charge in [-0.25, -0.2) is 0 Å². The molecule has 1 saturated heterocycles. The maximum atomic E-state index is 12.3. The summed E-state index contributed by atoms with van der Waals surface area (Å²) in [7, 11) is 0. The van der Waals surface area contributed by atoms with E-state index in [4.69, 9.17) is 5.73 Å². The zero-order valence-corrected chi connectivity index (χ0v) is 11.4. The molecule has 3 N–H and O–H groups in total. The van der Waals surface area contributed by atoms with Gasteiger partial charge in [-0.1, -0.05) is 12.1 Å². The highest BCUT2D eigenvalue weighted by Gasteiger charge is 2.25. The first-order chi connectivity index (χ1) is 9.11. The van der Waals surface area contributed by atoms with Crippen LogP contribution in [0.2, 0.25) is 0 Å². The van der Waals surface area contributed by atoms with E-state index >= 15 is 0 Å². The Labute approximate surface area is 114 Å². The van der Waals surface area contributed by atoms with Gasteiger partial charge in [-0.3, -0.25) is 4.79 Å². The number of benzene rings is 1. The van der Waals surface area contributed by atoms with Gasteiger partial charge in [-0.2, -0.15) is 0 Å². The minimum Gasteiger partial charge on any atom is -0.393 e. The average Bonchev–Trinajstić information content (AvgIpc) is 2.46. The van der Waals surface area contributed by atoms with E-state index < -0.39 is 0 Å². The number of nitrogens with two attached hydrogens (primary N) is 1. The van der Waals surface area contributed by atoms with Crippen molar-refractivity contribution in [3.8, 4) is 0 Å². The molecule has 4 nitrogen and oxygen atoms in total. The minimum absolute atomic E-state index is 0.0765. The van der Waals surface area contributed by atoms with Crippen LogP contribution in [0, 0.1) is 5.92 Å².